The first-order chi connectivity index (χ1) is 15.0. The molecule has 0 radical (unpaired) electrons. The number of hydrogen-bond acceptors (Lipinski definition) is 6. The largest absolute Gasteiger partial charge is 0.454 e. The summed E-state index contributed by atoms with van der Waals surface area (Å²) in [5.74, 6) is 1.55. The van der Waals surface area contributed by atoms with Crippen LogP contribution in [0, 0.1) is 0 Å². The molecule has 1 aromatic carbocycles. The summed E-state index contributed by atoms with van der Waals surface area (Å²) in [6, 6.07) is 3.02. The number of benzene rings is 1. The van der Waals surface area contributed by atoms with Gasteiger partial charge in [-0.3, -0.25) is 9.69 Å². The highest BCUT2D eigenvalue weighted by atomic mass is 19.3. The first-order valence-corrected chi connectivity index (χ1v) is 10.3. The molecule has 3 rings (SSSR count). The topological polar surface area (TPSA) is 87.7 Å². The van der Waals surface area contributed by atoms with Gasteiger partial charge in [0, 0.05) is 64.4 Å². The van der Waals surface area contributed by atoms with Crippen molar-refractivity contribution in [2.75, 3.05) is 52.6 Å². The average Bonchev–Trinajstić information content (AvgIpc) is 3.19. The average molecular weight is 441 g/mol. The summed E-state index contributed by atoms with van der Waals surface area (Å²) >= 11 is 0. The van der Waals surface area contributed by atoms with E-state index in [1.54, 1.807) is 13.0 Å². The van der Waals surface area contributed by atoms with Crippen molar-refractivity contribution in [1.82, 2.24) is 20.4 Å². The van der Waals surface area contributed by atoms with E-state index in [9.17, 15) is 13.6 Å². The van der Waals surface area contributed by atoms with Gasteiger partial charge in [0.2, 0.25) is 12.7 Å². The number of carbonyl (C=O) groups excluding carboxylic acids is 1. The fraction of sp³-hybridized carbons (Fsp3) is 0.600. The minimum atomic E-state index is -2.95. The van der Waals surface area contributed by atoms with Crippen molar-refractivity contribution in [3.63, 3.8) is 0 Å². The summed E-state index contributed by atoms with van der Waals surface area (Å²) in [6.45, 7) is 6.03. The predicted molar refractivity (Wildman–Crippen MR) is 111 cm³/mol. The molecular weight excluding hydrogens is 412 g/mol. The third-order valence-electron chi connectivity index (χ3n) is 5.06. The molecule has 172 valence electrons. The molecule has 2 N–H and O–H groups in total. The van der Waals surface area contributed by atoms with Gasteiger partial charge in [0.1, 0.15) is 5.75 Å². The summed E-state index contributed by atoms with van der Waals surface area (Å²) in [5.41, 5.74) is 0.474. The molecule has 0 spiro atoms. The highest BCUT2D eigenvalue weighted by Gasteiger charge is 2.20. The van der Waals surface area contributed by atoms with Gasteiger partial charge in [-0.1, -0.05) is 0 Å². The molecule has 0 saturated carbocycles. The first kappa shape index (κ1) is 22.9. The van der Waals surface area contributed by atoms with Crippen LogP contribution in [0.5, 0.6) is 17.2 Å². The molecule has 31 heavy (non-hydrogen) atoms. The van der Waals surface area contributed by atoms with Crippen LogP contribution in [0.4, 0.5) is 8.78 Å². The molecule has 2 aliphatic heterocycles. The molecule has 1 aromatic rings. The number of ether oxygens (including phenoxy) is 3. The summed E-state index contributed by atoms with van der Waals surface area (Å²) in [5, 5.41) is 6.40. The van der Waals surface area contributed by atoms with Gasteiger partial charge in [-0.2, -0.15) is 8.78 Å². The standard InChI is InChI=1S/C20H29F2N5O4/c1-3-23-20(24-4-5-26-6-8-27(9-7-26)14(2)28)25-12-15-10-17-18(30-13-29-17)11-16(15)31-19(21)22/h10-11,19H,3-9,12-13H2,1-2H3,(H2,23,24,25). The van der Waals surface area contributed by atoms with Gasteiger partial charge in [0.15, 0.2) is 17.5 Å². The van der Waals surface area contributed by atoms with E-state index >= 15 is 0 Å². The molecule has 11 heteroatoms. The Balaban J connectivity index is 1.56. The number of aliphatic imine (C=N–C) groups is 1. The second-order valence-electron chi connectivity index (χ2n) is 7.16. The zero-order valence-corrected chi connectivity index (χ0v) is 17.8. The lowest BCUT2D eigenvalue weighted by Crippen LogP contribution is -2.50. The molecular formula is C20H29F2N5O4. The number of piperazine rings is 1. The van der Waals surface area contributed by atoms with E-state index in [4.69, 9.17) is 9.47 Å². The summed E-state index contributed by atoms with van der Waals surface area (Å²) in [6.07, 6.45) is 0. The maximum atomic E-state index is 12.8. The number of hydrogen-bond donors (Lipinski definition) is 2. The third-order valence-corrected chi connectivity index (χ3v) is 5.06. The van der Waals surface area contributed by atoms with E-state index in [1.807, 2.05) is 11.8 Å². The van der Waals surface area contributed by atoms with Gasteiger partial charge in [0.05, 0.1) is 6.54 Å². The molecule has 0 unspecified atom stereocenters. The van der Waals surface area contributed by atoms with Crippen molar-refractivity contribution in [2.45, 2.75) is 27.0 Å². The number of carbonyl (C=O) groups is 1. The Morgan fingerprint density at radius 3 is 2.55 bits per heavy atom. The zero-order chi connectivity index (χ0) is 22.2. The van der Waals surface area contributed by atoms with E-state index < -0.39 is 6.61 Å². The molecule has 0 aliphatic carbocycles. The van der Waals surface area contributed by atoms with Crippen molar-refractivity contribution in [3.8, 4) is 17.2 Å². The third kappa shape index (κ3) is 6.58. The zero-order valence-electron chi connectivity index (χ0n) is 17.8. The van der Waals surface area contributed by atoms with Crippen LogP contribution in [0.1, 0.15) is 19.4 Å². The molecule has 1 amide bonds. The van der Waals surface area contributed by atoms with Crippen LogP contribution in [0.15, 0.2) is 17.1 Å². The highest BCUT2D eigenvalue weighted by Crippen LogP contribution is 2.39. The molecule has 1 saturated heterocycles. The molecule has 2 aliphatic rings. The van der Waals surface area contributed by atoms with Crippen LogP contribution in [-0.2, 0) is 11.3 Å². The van der Waals surface area contributed by atoms with E-state index in [-0.39, 0.29) is 25.0 Å². The van der Waals surface area contributed by atoms with E-state index in [2.05, 4.69) is 25.3 Å². The van der Waals surface area contributed by atoms with Crippen LogP contribution in [0.25, 0.3) is 0 Å². The van der Waals surface area contributed by atoms with Crippen LogP contribution >= 0.6 is 0 Å². The fourth-order valence-electron chi connectivity index (χ4n) is 3.42. The van der Waals surface area contributed by atoms with Crippen molar-refractivity contribution in [3.05, 3.63) is 17.7 Å². The number of rotatable bonds is 8. The second-order valence-corrected chi connectivity index (χ2v) is 7.16. The Hall–Kier alpha value is -2.82. The number of nitrogens with zero attached hydrogens (tertiary/aromatic N) is 3. The van der Waals surface area contributed by atoms with Crippen LogP contribution in [0.3, 0.4) is 0 Å². The van der Waals surface area contributed by atoms with Crippen molar-refractivity contribution < 1.29 is 27.8 Å². The van der Waals surface area contributed by atoms with Crippen molar-refractivity contribution in [2.24, 2.45) is 4.99 Å². The van der Waals surface area contributed by atoms with E-state index in [0.29, 0.717) is 36.1 Å². The van der Waals surface area contributed by atoms with Gasteiger partial charge < -0.3 is 29.7 Å². The van der Waals surface area contributed by atoms with Gasteiger partial charge in [-0.05, 0) is 13.0 Å². The number of amides is 1. The molecule has 0 aromatic heterocycles. The number of fused-ring (bicyclic) bond motifs is 1. The molecule has 9 nitrogen and oxygen atoms in total. The minimum absolute atomic E-state index is 0.0159. The van der Waals surface area contributed by atoms with Gasteiger partial charge in [0.25, 0.3) is 0 Å². The molecule has 1 fully saturated rings. The lowest BCUT2D eigenvalue weighted by Gasteiger charge is -2.34. The summed E-state index contributed by atoms with van der Waals surface area (Å²) < 4.78 is 40.8. The minimum Gasteiger partial charge on any atom is -0.454 e. The number of alkyl halides is 2. The molecule has 0 atom stereocenters. The van der Waals surface area contributed by atoms with E-state index in [1.165, 1.54) is 6.07 Å². The number of nitrogens with one attached hydrogen (secondary N) is 2. The summed E-state index contributed by atoms with van der Waals surface area (Å²) in [7, 11) is 0. The fourth-order valence-corrected chi connectivity index (χ4v) is 3.42. The van der Waals surface area contributed by atoms with Gasteiger partial charge in [-0.25, -0.2) is 4.99 Å². The lowest BCUT2D eigenvalue weighted by atomic mass is 10.1. The van der Waals surface area contributed by atoms with Crippen LogP contribution in [-0.4, -0.2) is 80.9 Å². The maximum Gasteiger partial charge on any atom is 0.387 e. The monoisotopic (exact) mass is 441 g/mol. The Morgan fingerprint density at radius 1 is 1.19 bits per heavy atom. The Morgan fingerprint density at radius 2 is 1.90 bits per heavy atom. The second kappa shape index (κ2) is 11.0. The number of halogens is 2. The van der Waals surface area contributed by atoms with Crippen LogP contribution in [0.2, 0.25) is 0 Å². The normalized spacial score (nSPS) is 16.5. The Bertz CT molecular complexity index is 785. The smallest absolute Gasteiger partial charge is 0.387 e. The van der Waals surface area contributed by atoms with Gasteiger partial charge >= 0.3 is 6.61 Å². The van der Waals surface area contributed by atoms with Crippen molar-refractivity contribution >= 4 is 11.9 Å². The lowest BCUT2D eigenvalue weighted by molar-refractivity contribution is -0.130. The van der Waals surface area contributed by atoms with Gasteiger partial charge in [-0.15, -0.1) is 0 Å². The summed E-state index contributed by atoms with van der Waals surface area (Å²) in [4.78, 5) is 20.0. The predicted octanol–water partition coefficient (Wildman–Crippen LogP) is 1.24. The Kier molecular flexibility index (Phi) is 8.10. The van der Waals surface area contributed by atoms with E-state index in [0.717, 1.165) is 32.7 Å². The van der Waals surface area contributed by atoms with Crippen LogP contribution < -0.4 is 24.8 Å². The molecule has 2 heterocycles. The van der Waals surface area contributed by atoms with Crippen molar-refractivity contribution in [1.29, 1.82) is 0 Å². The quantitative estimate of drug-likeness (QED) is 0.464. The molecule has 0 bridgehead atoms. The highest BCUT2D eigenvalue weighted by molar-refractivity contribution is 5.79. The maximum absolute atomic E-state index is 12.8. The Labute approximate surface area is 180 Å². The SMILES string of the molecule is CCNC(=NCc1cc2c(cc1OC(F)F)OCO2)NCCN1CCN(C(C)=O)CC1. The number of guanidine groups is 1. The first-order valence-electron chi connectivity index (χ1n) is 10.3.